The van der Waals surface area contributed by atoms with E-state index >= 15 is 0 Å². The standard InChI is InChI=1S/C32H38N6O6/c1-22(23-6-3-2-4-7-23)32(41)44-21-28(39)38-11-5-8-27(38)31(40)33-24-9-10-25-26(20-24)35-30(37-14-18-43-19-15-37)29(34-25)36-12-16-42-17-13-36/h2-4,6-7,9-10,20,22,27H,5,8,11-19,21H2,1H3,(H,33,40)/t22-,27+/m1/s1. The highest BCUT2D eigenvalue weighted by Crippen LogP contribution is 2.31. The van der Waals surface area contributed by atoms with Gasteiger partial charge in [-0.1, -0.05) is 30.3 Å². The summed E-state index contributed by atoms with van der Waals surface area (Å²) in [7, 11) is 0. The molecule has 0 aliphatic carbocycles. The number of esters is 1. The number of benzene rings is 2. The van der Waals surface area contributed by atoms with Gasteiger partial charge in [-0.25, -0.2) is 9.97 Å². The number of carbonyl (C=O) groups is 3. The van der Waals surface area contributed by atoms with Gasteiger partial charge in [-0.3, -0.25) is 14.4 Å². The van der Waals surface area contributed by atoms with Crippen molar-refractivity contribution in [1.29, 1.82) is 0 Å². The number of anilines is 3. The van der Waals surface area contributed by atoms with Crippen LogP contribution in [0.25, 0.3) is 11.0 Å². The number of nitrogens with one attached hydrogen (secondary N) is 1. The van der Waals surface area contributed by atoms with E-state index in [1.165, 1.54) is 4.90 Å². The number of ether oxygens (including phenoxy) is 3. The maximum Gasteiger partial charge on any atom is 0.313 e. The van der Waals surface area contributed by atoms with Gasteiger partial charge in [-0.2, -0.15) is 0 Å². The minimum atomic E-state index is -0.651. The van der Waals surface area contributed by atoms with Gasteiger partial charge in [0.15, 0.2) is 18.2 Å². The van der Waals surface area contributed by atoms with Crippen molar-refractivity contribution in [2.24, 2.45) is 0 Å². The van der Waals surface area contributed by atoms with E-state index in [1.54, 1.807) is 13.0 Å². The highest BCUT2D eigenvalue weighted by Gasteiger charge is 2.35. The molecule has 0 unspecified atom stereocenters. The molecule has 1 aromatic heterocycles. The lowest BCUT2D eigenvalue weighted by molar-refractivity contribution is -0.153. The van der Waals surface area contributed by atoms with Crippen LogP contribution in [-0.4, -0.2) is 104 Å². The molecule has 232 valence electrons. The Hall–Kier alpha value is -4.29. The Morgan fingerprint density at radius 3 is 2.18 bits per heavy atom. The molecule has 44 heavy (non-hydrogen) atoms. The van der Waals surface area contributed by atoms with Crippen LogP contribution in [0, 0.1) is 0 Å². The molecule has 6 rings (SSSR count). The first-order chi connectivity index (χ1) is 21.5. The van der Waals surface area contributed by atoms with Crippen LogP contribution in [0.4, 0.5) is 17.3 Å². The minimum absolute atomic E-state index is 0.287. The van der Waals surface area contributed by atoms with Crippen LogP contribution in [0.2, 0.25) is 0 Å². The number of hydrogen-bond acceptors (Lipinski definition) is 10. The number of amides is 2. The van der Waals surface area contributed by atoms with Gasteiger partial charge in [-0.05, 0) is 43.5 Å². The van der Waals surface area contributed by atoms with Crippen molar-refractivity contribution >= 4 is 46.1 Å². The second-order valence-corrected chi connectivity index (χ2v) is 11.2. The van der Waals surface area contributed by atoms with Crippen molar-refractivity contribution in [2.75, 3.05) is 80.9 Å². The topological polar surface area (TPSA) is 126 Å². The van der Waals surface area contributed by atoms with Gasteiger partial charge in [-0.15, -0.1) is 0 Å². The van der Waals surface area contributed by atoms with Crippen molar-refractivity contribution in [3.05, 3.63) is 54.1 Å². The monoisotopic (exact) mass is 602 g/mol. The molecular formula is C32H38N6O6. The molecule has 2 aromatic carbocycles. The maximum atomic E-state index is 13.4. The smallest absolute Gasteiger partial charge is 0.313 e. The van der Waals surface area contributed by atoms with E-state index in [-0.39, 0.29) is 11.8 Å². The summed E-state index contributed by atoms with van der Waals surface area (Å²) in [6.07, 6.45) is 1.22. The zero-order chi connectivity index (χ0) is 30.5. The molecule has 0 spiro atoms. The molecule has 3 aliphatic heterocycles. The predicted octanol–water partition coefficient (Wildman–Crippen LogP) is 2.58. The highest BCUT2D eigenvalue weighted by molar-refractivity contribution is 5.99. The quantitative estimate of drug-likeness (QED) is 0.385. The SMILES string of the molecule is C[C@@H](C(=O)OCC(=O)N1CCC[C@H]1C(=O)Nc1ccc2nc(N3CCOCC3)c(N3CCOCC3)nc2c1)c1ccccc1. The Balaban J connectivity index is 1.13. The Bertz CT molecular complexity index is 1490. The second kappa shape index (κ2) is 13.6. The Labute approximate surface area is 256 Å². The van der Waals surface area contributed by atoms with Crippen molar-refractivity contribution in [3.8, 4) is 0 Å². The van der Waals surface area contributed by atoms with Gasteiger partial charge in [0, 0.05) is 38.4 Å². The number of nitrogens with zero attached hydrogens (tertiary/aromatic N) is 5. The van der Waals surface area contributed by atoms with E-state index in [1.807, 2.05) is 42.5 Å². The van der Waals surface area contributed by atoms with Crippen molar-refractivity contribution in [1.82, 2.24) is 14.9 Å². The molecule has 3 aromatic rings. The number of fused-ring (bicyclic) bond motifs is 1. The fourth-order valence-electron chi connectivity index (χ4n) is 5.87. The van der Waals surface area contributed by atoms with E-state index in [0.29, 0.717) is 57.0 Å². The number of carbonyl (C=O) groups excluding carboxylic acids is 3. The largest absolute Gasteiger partial charge is 0.455 e. The summed E-state index contributed by atoms with van der Waals surface area (Å²) in [6.45, 7) is 7.24. The van der Waals surface area contributed by atoms with E-state index < -0.39 is 24.5 Å². The van der Waals surface area contributed by atoms with Crippen LogP contribution >= 0.6 is 0 Å². The van der Waals surface area contributed by atoms with E-state index in [4.69, 9.17) is 24.2 Å². The zero-order valence-electron chi connectivity index (χ0n) is 24.9. The molecule has 4 heterocycles. The molecule has 0 radical (unpaired) electrons. The third-order valence-corrected chi connectivity index (χ3v) is 8.38. The van der Waals surface area contributed by atoms with E-state index in [0.717, 1.165) is 48.9 Å². The molecule has 1 N–H and O–H groups in total. The van der Waals surface area contributed by atoms with Crippen LogP contribution in [-0.2, 0) is 28.6 Å². The molecule has 2 amide bonds. The Morgan fingerprint density at radius 1 is 0.886 bits per heavy atom. The third kappa shape index (κ3) is 6.61. The van der Waals surface area contributed by atoms with Crippen molar-refractivity contribution in [2.45, 2.75) is 31.7 Å². The normalized spacial score (nSPS) is 19.6. The lowest BCUT2D eigenvalue weighted by Crippen LogP contribution is -2.45. The summed E-state index contributed by atoms with van der Waals surface area (Å²) < 4.78 is 16.5. The average Bonchev–Trinajstić information content (AvgIpc) is 3.58. The molecule has 0 bridgehead atoms. The summed E-state index contributed by atoms with van der Waals surface area (Å²) >= 11 is 0. The Kier molecular flexibility index (Phi) is 9.17. The molecule has 3 saturated heterocycles. The van der Waals surface area contributed by atoms with E-state index in [2.05, 4.69) is 15.1 Å². The fourth-order valence-corrected chi connectivity index (χ4v) is 5.87. The Morgan fingerprint density at radius 2 is 1.52 bits per heavy atom. The fraction of sp³-hybridized carbons (Fsp3) is 0.469. The first-order valence-electron chi connectivity index (χ1n) is 15.3. The molecular weight excluding hydrogens is 564 g/mol. The van der Waals surface area contributed by atoms with Gasteiger partial charge < -0.3 is 34.2 Å². The molecule has 12 nitrogen and oxygen atoms in total. The summed E-state index contributed by atoms with van der Waals surface area (Å²) in [5, 5.41) is 2.97. The van der Waals surface area contributed by atoms with Crippen LogP contribution in [0.5, 0.6) is 0 Å². The maximum absolute atomic E-state index is 13.4. The molecule has 12 heteroatoms. The van der Waals surface area contributed by atoms with Crippen molar-refractivity contribution in [3.63, 3.8) is 0 Å². The third-order valence-electron chi connectivity index (χ3n) is 8.38. The van der Waals surface area contributed by atoms with Crippen LogP contribution in [0.15, 0.2) is 48.5 Å². The van der Waals surface area contributed by atoms with Gasteiger partial charge in [0.1, 0.15) is 6.04 Å². The van der Waals surface area contributed by atoms with Gasteiger partial charge >= 0.3 is 5.97 Å². The van der Waals surface area contributed by atoms with Crippen LogP contribution in [0.1, 0.15) is 31.2 Å². The zero-order valence-corrected chi connectivity index (χ0v) is 24.9. The number of aromatic nitrogens is 2. The van der Waals surface area contributed by atoms with Gasteiger partial charge in [0.2, 0.25) is 5.91 Å². The van der Waals surface area contributed by atoms with E-state index in [9.17, 15) is 14.4 Å². The van der Waals surface area contributed by atoms with Crippen molar-refractivity contribution < 1.29 is 28.6 Å². The van der Waals surface area contributed by atoms with Gasteiger partial charge in [0.25, 0.3) is 5.91 Å². The lowest BCUT2D eigenvalue weighted by Gasteiger charge is -2.34. The van der Waals surface area contributed by atoms with Gasteiger partial charge in [0.05, 0.1) is 43.4 Å². The second-order valence-electron chi connectivity index (χ2n) is 11.2. The predicted molar refractivity (Wildman–Crippen MR) is 165 cm³/mol. The molecule has 3 fully saturated rings. The summed E-state index contributed by atoms with van der Waals surface area (Å²) in [6, 6.07) is 14.1. The number of morpholine rings is 2. The van der Waals surface area contributed by atoms with Crippen LogP contribution in [0.3, 0.4) is 0 Å². The first-order valence-corrected chi connectivity index (χ1v) is 15.3. The molecule has 2 atom stereocenters. The lowest BCUT2D eigenvalue weighted by atomic mass is 10.0. The minimum Gasteiger partial charge on any atom is -0.455 e. The average molecular weight is 603 g/mol. The number of rotatable bonds is 8. The number of hydrogen-bond donors (Lipinski definition) is 1. The summed E-state index contributed by atoms with van der Waals surface area (Å²) in [4.78, 5) is 54.9. The molecule has 0 saturated carbocycles. The highest BCUT2D eigenvalue weighted by atomic mass is 16.5. The summed E-state index contributed by atoms with van der Waals surface area (Å²) in [5.74, 6) is -0.00752. The molecule has 3 aliphatic rings. The summed E-state index contributed by atoms with van der Waals surface area (Å²) in [5.41, 5.74) is 2.79. The number of likely N-dealkylation sites (tertiary alicyclic amines) is 1. The first kappa shape index (κ1) is 29.8. The van der Waals surface area contributed by atoms with Crippen LogP contribution < -0.4 is 15.1 Å².